The molecular weight excluding hydrogens is 298 g/mol. The van der Waals surface area contributed by atoms with Gasteiger partial charge >= 0.3 is 6.09 Å². The molecule has 1 aromatic carbocycles. The fourth-order valence-corrected chi connectivity index (χ4v) is 2.83. The third kappa shape index (κ3) is 2.99. The van der Waals surface area contributed by atoms with Gasteiger partial charge in [0.05, 0.1) is 6.54 Å². The smallest absolute Gasteiger partial charge is 0.410 e. The summed E-state index contributed by atoms with van der Waals surface area (Å²) in [5.41, 5.74) is 1.07. The average molecular weight is 317 g/mol. The number of fused-ring (bicyclic) bond motifs is 1. The molecule has 3 rings (SSSR count). The van der Waals surface area contributed by atoms with Gasteiger partial charge in [-0.15, -0.1) is 0 Å². The molecule has 0 aromatic heterocycles. The maximum atomic E-state index is 12.2. The molecule has 0 radical (unpaired) electrons. The highest BCUT2D eigenvalue weighted by Gasteiger charge is 2.43. The van der Waals surface area contributed by atoms with Gasteiger partial charge in [-0.1, -0.05) is 17.7 Å². The molecule has 1 N–H and O–H groups in total. The van der Waals surface area contributed by atoms with E-state index in [0.29, 0.717) is 18.8 Å². The van der Waals surface area contributed by atoms with Gasteiger partial charge in [0.1, 0.15) is 17.8 Å². The minimum absolute atomic E-state index is 0.110. The Bertz CT molecular complexity index is 643. The zero-order valence-electron chi connectivity index (χ0n) is 13.1. The van der Waals surface area contributed by atoms with Gasteiger partial charge < -0.3 is 19.9 Å². The number of hydrogen-bond donors (Lipinski definition) is 1. The maximum absolute atomic E-state index is 12.2. The first-order chi connectivity index (χ1) is 11.0. The summed E-state index contributed by atoms with van der Waals surface area (Å²) in [6.07, 6.45) is -0.507. The predicted octanol–water partition coefficient (Wildman–Crippen LogP) is 0.525. The lowest BCUT2D eigenvalue weighted by molar-refractivity contribution is -0.151. The first-order valence-electron chi connectivity index (χ1n) is 7.60. The van der Waals surface area contributed by atoms with E-state index in [-0.39, 0.29) is 18.4 Å². The minimum Gasteiger partial charge on any atom is -0.410 e. The number of ether oxygens (including phenoxy) is 1. The Balaban J connectivity index is 1.66. The number of aryl methyl sites for hydroxylation is 1. The summed E-state index contributed by atoms with van der Waals surface area (Å²) in [7, 11) is 0. The number of carbonyl (C=O) groups excluding carboxylic acids is 3. The lowest BCUT2D eigenvalue weighted by atomic mass is 10.1. The van der Waals surface area contributed by atoms with Crippen molar-refractivity contribution in [2.75, 3.05) is 19.6 Å². The first kappa shape index (κ1) is 15.3. The van der Waals surface area contributed by atoms with Crippen molar-refractivity contribution in [3.05, 3.63) is 29.8 Å². The van der Waals surface area contributed by atoms with Crippen LogP contribution in [0.3, 0.4) is 0 Å². The lowest BCUT2D eigenvalue weighted by Gasteiger charge is -2.44. The number of nitrogens with zero attached hydrogens (tertiary/aromatic N) is 2. The molecule has 2 heterocycles. The van der Waals surface area contributed by atoms with Crippen molar-refractivity contribution in [2.24, 2.45) is 0 Å². The summed E-state index contributed by atoms with van der Waals surface area (Å²) >= 11 is 0. The van der Waals surface area contributed by atoms with Crippen LogP contribution in [0.5, 0.6) is 5.75 Å². The lowest BCUT2D eigenvalue weighted by Crippen LogP contribution is -2.69. The van der Waals surface area contributed by atoms with Crippen molar-refractivity contribution in [1.82, 2.24) is 15.1 Å². The standard InChI is InChI=1S/C16H19N3O4/c1-10-3-5-12(6-4-10)23-16(22)18-7-8-19-13(9-18)14(20)17-11(2)15(19)21/h3-6,11,13H,7-9H2,1-2H3,(H,17,20)/t11-,13+/m0/s1. The second-order valence-corrected chi connectivity index (χ2v) is 5.90. The maximum Gasteiger partial charge on any atom is 0.415 e. The number of hydrogen-bond acceptors (Lipinski definition) is 4. The van der Waals surface area contributed by atoms with E-state index in [2.05, 4.69) is 5.32 Å². The first-order valence-corrected chi connectivity index (χ1v) is 7.60. The van der Waals surface area contributed by atoms with E-state index in [0.717, 1.165) is 5.56 Å². The normalized spacial score (nSPS) is 24.1. The number of amides is 3. The minimum atomic E-state index is -0.641. The largest absolute Gasteiger partial charge is 0.415 e. The van der Waals surface area contributed by atoms with Crippen molar-refractivity contribution in [2.45, 2.75) is 25.9 Å². The van der Waals surface area contributed by atoms with Crippen LogP contribution in [0.4, 0.5) is 4.79 Å². The SMILES string of the molecule is Cc1ccc(OC(=O)N2CCN3C(=O)[C@H](C)NC(=O)[C@H]3C2)cc1. The van der Waals surface area contributed by atoms with Gasteiger partial charge in [0.2, 0.25) is 11.8 Å². The topological polar surface area (TPSA) is 79.0 Å². The molecule has 3 amide bonds. The van der Waals surface area contributed by atoms with E-state index in [1.54, 1.807) is 24.0 Å². The molecule has 0 bridgehead atoms. The van der Waals surface area contributed by atoms with E-state index < -0.39 is 18.2 Å². The molecule has 0 spiro atoms. The van der Waals surface area contributed by atoms with Crippen LogP contribution < -0.4 is 10.1 Å². The molecule has 7 nitrogen and oxygen atoms in total. The molecule has 0 saturated carbocycles. The van der Waals surface area contributed by atoms with Crippen LogP contribution >= 0.6 is 0 Å². The van der Waals surface area contributed by atoms with Crippen LogP contribution in [-0.4, -0.2) is 59.4 Å². The zero-order chi connectivity index (χ0) is 16.6. The number of rotatable bonds is 1. The number of benzene rings is 1. The number of nitrogens with one attached hydrogen (secondary N) is 1. The molecule has 1 aromatic rings. The van der Waals surface area contributed by atoms with Crippen LogP contribution in [0.2, 0.25) is 0 Å². The second kappa shape index (κ2) is 5.91. The fourth-order valence-electron chi connectivity index (χ4n) is 2.83. The molecule has 2 atom stereocenters. The van der Waals surface area contributed by atoms with E-state index >= 15 is 0 Å². The molecule has 23 heavy (non-hydrogen) atoms. The quantitative estimate of drug-likeness (QED) is 0.819. The highest BCUT2D eigenvalue weighted by molar-refractivity contribution is 5.97. The number of carbonyl (C=O) groups is 3. The Labute approximate surface area is 134 Å². The van der Waals surface area contributed by atoms with E-state index in [1.807, 2.05) is 19.1 Å². The van der Waals surface area contributed by atoms with E-state index in [9.17, 15) is 14.4 Å². The van der Waals surface area contributed by atoms with Crippen molar-refractivity contribution in [1.29, 1.82) is 0 Å². The molecule has 7 heteroatoms. The Morgan fingerprint density at radius 3 is 2.61 bits per heavy atom. The van der Waals surface area contributed by atoms with Crippen LogP contribution in [0.25, 0.3) is 0 Å². The third-order valence-electron chi connectivity index (χ3n) is 4.18. The summed E-state index contributed by atoms with van der Waals surface area (Å²) in [6, 6.07) is 6.01. The van der Waals surface area contributed by atoms with Crippen LogP contribution in [0.15, 0.2) is 24.3 Å². The Morgan fingerprint density at radius 2 is 1.91 bits per heavy atom. The van der Waals surface area contributed by atoms with Crippen molar-refractivity contribution in [3.63, 3.8) is 0 Å². The summed E-state index contributed by atoms with van der Waals surface area (Å²) < 4.78 is 5.32. The zero-order valence-corrected chi connectivity index (χ0v) is 13.1. The number of piperazine rings is 2. The molecule has 2 saturated heterocycles. The molecule has 2 fully saturated rings. The molecule has 2 aliphatic heterocycles. The highest BCUT2D eigenvalue weighted by atomic mass is 16.6. The summed E-state index contributed by atoms with van der Waals surface area (Å²) in [5.74, 6) is 0.118. The summed E-state index contributed by atoms with van der Waals surface area (Å²) in [6.45, 7) is 4.45. The van der Waals surface area contributed by atoms with E-state index in [4.69, 9.17) is 4.74 Å². The van der Waals surface area contributed by atoms with Gasteiger partial charge in [0.15, 0.2) is 0 Å². The van der Waals surface area contributed by atoms with Gasteiger partial charge in [-0.25, -0.2) is 4.79 Å². The Kier molecular flexibility index (Phi) is 3.94. The van der Waals surface area contributed by atoms with Crippen molar-refractivity contribution < 1.29 is 19.1 Å². The second-order valence-electron chi connectivity index (χ2n) is 5.90. The molecule has 0 unspecified atom stereocenters. The monoisotopic (exact) mass is 317 g/mol. The molecule has 122 valence electrons. The van der Waals surface area contributed by atoms with E-state index in [1.165, 1.54) is 4.90 Å². The average Bonchev–Trinajstić information content (AvgIpc) is 2.54. The fraction of sp³-hybridized carbons (Fsp3) is 0.438. The summed E-state index contributed by atoms with van der Waals surface area (Å²) in [4.78, 5) is 39.4. The molecule has 2 aliphatic rings. The predicted molar refractivity (Wildman–Crippen MR) is 81.9 cm³/mol. The van der Waals surface area contributed by atoms with Crippen LogP contribution in [-0.2, 0) is 9.59 Å². The van der Waals surface area contributed by atoms with Crippen LogP contribution in [0.1, 0.15) is 12.5 Å². The van der Waals surface area contributed by atoms with Gasteiger partial charge in [0, 0.05) is 13.1 Å². The van der Waals surface area contributed by atoms with Gasteiger partial charge in [0.25, 0.3) is 0 Å². The summed E-state index contributed by atoms with van der Waals surface area (Å²) in [5, 5.41) is 2.63. The van der Waals surface area contributed by atoms with Gasteiger partial charge in [-0.3, -0.25) is 9.59 Å². The van der Waals surface area contributed by atoms with Crippen molar-refractivity contribution in [3.8, 4) is 5.75 Å². The molecular formula is C16H19N3O4. The Morgan fingerprint density at radius 1 is 1.22 bits per heavy atom. The molecule has 0 aliphatic carbocycles. The third-order valence-corrected chi connectivity index (χ3v) is 4.18. The Hall–Kier alpha value is -2.57. The van der Waals surface area contributed by atoms with Crippen LogP contribution in [0, 0.1) is 6.92 Å². The van der Waals surface area contributed by atoms with Crippen molar-refractivity contribution >= 4 is 17.9 Å². The van der Waals surface area contributed by atoms with Gasteiger partial charge in [-0.2, -0.15) is 0 Å². The van der Waals surface area contributed by atoms with Gasteiger partial charge in [-0.05, 0) is 26.0 Å². The highest BCUT2D eigenvalue weighted by Crippen LogP contribution is 2.18.